The number of likely N-dealkylation sites (N-methyl/N-ethyl adjacent to an activating group) is 1. The predicted octanol–water partition coefficient (Wildman–Crippen LogP) is 0.0787. The largest absolute Gasteiger partial charge is 0.381 e. The number of quaternary nitrogens is 1. The van der Waals surface area contributed by atoms with Gasteiger partial charge in [0.25, 0.3) is 5.91 Å². The highest BCUT2D eigenvalue weighted by Gasteiger charge is 2.43. The van der Waals surface area contributed by atoms with Crippen LogP contribution in [0, 0.1) is 5.92 Å². The average Bonchev–Trinajstić information content (AvgIpc) is 3.13. The standard InChI is InChI=1S/C24H38F2N8O2/c1-30-7-6-19(31-8-4-15(5-9-31)24(36)32-10-16(25)11-32)18(13-30)28-22(35)20-21(27)29-33-12-17(26)14-34(2,3)23(20)33/h15-19H,4-14H2,1-3H3,(H2-,27,28,29,35)/p+1. The molecule has 5 rings (SSSR count). The van der Waals surface area contributed by atoms with Crippen LogP contribution in [-0.2, 0) is 11.3 Å². The first-order chi connectivity index (χ1) is 17.0. The van der Waals surface area contributed by atoms with Gasteiger partial charge in [0.2, 0.25) is 11.7 Å². The lowest BCUT2D eigenvalue weighted by Crippen LogP contribution is -2.62. The second-order valence-electron chi connectivity index (χ2n) is 11.6. The molecule has 0 radical (unpaired) electrons. The summed E-state index contributed by atoms with van der Waals surface area (Å²) in [6.45, 7) is 3.99. The molecule has 4 aliphatic heterocycles. The second-order valence-corrected chi connectivity index (χ2v) is 11.6. The van der Waals surface area contributed by atoms with E-state index in [1.54, 1.807) is 4.90 Å². The maximum Gasteiger partial charge on any atom is 0.263 e. The third-order valence-electron chi connectivity index (χ3n) is 8.37. The number of carbonyl (C=O) groups excluding carboxylic acids is 2. The van der Waals surface area contributed by atoms with Crippen LogP contribution in [0.15, 0.2) is 0 Å². The molecule has 0 spiro atoms. The molecule has 12 heteroatoms. The molecule has 3 unspecified atom stereocenters. The Hall–Kier alpha value is -2.31. The van der Waals surface area contributed by atoms with Gasteiger partial charge in [-0.15, -0.1) is 5.10 Å². The molecule has 3 atom stereocenters. The summed E-state index contributed by atoms with van der Waals surface area (Å²) in [5.41, 5.74) is 6.52. The first-order valence-corrected chi connectivity index (χ1v) is 13.0. The number of hydrogen-bond acceptors (Lipinski definition) is 6. The van der Waals surface area contributed by atoms with E-state index >= 15 is 0 Å². The van der Waals surface area contributed by atoms with Crippen LogP contribution in [0.1, 0.15) is 29.6 Å². The molecular formula is C24H39F2N8O2+. The van der Waals surface area contributed by atoms with Crippen molar-refractivity contribution in [1.29, 1.82) is 0 Å². The number of nitrogen functional groups attached to an aromatic ring is 1. The Labute approximate surface area is 210 Å². The highest BCUT2D eigenvalue weighted by Crippen LogP contribution is 2.34. The zero-order valence-corrected chi connectivity index (χ0v) is 21.5. The van der Waals surface area contributed by atoms with Crippen LogP contribution < -0.4 is 15.5 Å². The third-order valence-corrected chi connectivity index (χ3v) is 8.37. The van der Waals surface area contributed by atoms with Gasteiger partial charge < -0.3 is 20.9 Å². The van der Waals surface area contributed by atoms with E-state index in [9.17, 15) is 18.4 Å². The highest BCUT2D eigenvalue weighted by atomic mass is 19.1. The lowest BCUT2D eigenvalue weighted by Gasteiger charge is -2.46. The van der Waals surface area contributed by atoms with Gasteiger partial charge in [-0.25, -0.2) is 13.5 Å². The summed E-state index contributed by atoms with van der Waals surface area (Å²) in [7, 11) is 5.78. The van der Waals surface area contributed by atoms with Gasteiger partial charge in [-0.05, 0) is 45.9 Å². The Morgan fingerprint density at radius 3 is 2.39 bits per heavy atom. The number of fused-ring (bicyclic) bond motifs is 1. The first kappa shape index (κ1) is 25.3. The minimum atomic E-state index is -1.05. The third kappa shape index (κ3) is 4.70. The summed E-state index contributed by atoms with van der Waals surface area (Å²) >= 11 is 0. The smallest absolute Gasteiger partial charge is 0.263 e. The first-order valence-electron chi connectivity index (χ1n) is 13.0. The fourth-order valence-electron chi connectivity index (χ4n) is 6.52. The summed E-state index contributed by atoms with van der Waals surface area (Å²) in [6, 6.07) is 0.0278. The van der Waals surface area contributed by atoms with E-state index in [0.29, 0.717) is 17.9 Å². The number of amides is 2. The number of rotatable bonds is 4. The number of nitrogens with two attached hydrogens (primary N) is 1. The number of carbonyl (C=O) groups is 2. The number of alkyl halides is 2. The Balaban J connectivity index is 1.27. The molecule has 2 amide bonds. The molecule has 0 bridgehead atoms. The van der Waals surface area contributed by atoms with Crippen LogP contribution in [0.3, 0.4) is 0 Å². The Kier molecular flexibility index (Phi) is 6.71. The molecule has 4 aliphatic rings. The van der Waals surface area contributed by atoms with Crippen LogP contribution in [0.25, 0.3) is 0 Å². The minimum Gasteiger partial charge on any atom is -0.381 e. The van der Waals surface area contributed by atoms with Crippen molar-refractivity contribution in [1.82, 2.24) is 34.3 Å². The summed E-state index contributed by atoms with van der Waals surface area (Å²) in [6.07, 6.45) is 0.477. The molecule has 36 heavy (non-hydrogen) atoms. The molecule has 10 nitrogen and oxygen atoms in total. The Morgan fingerprint density at radius 1 is 1.03 bits per heavy atom. The number of nitrogens with zero attached hydrogens (tertiary/aromatic N) is 6. The number of hydrogen-bond donors (Lipinski definition) is 2. The number of nitrogens with one attached hydrogen (secondary N) is 1. The lowest BCUT2D eigenvalue weighted by atomic mass is 9.90. The summed E-state index contributed by atoms with van der Waals surface area (Å²) in [5.74, 6) is 0.525. The molecule has 1 aromatic rings. The maximum absolute atomic E-state index is 14.3. The van der Waals surface area contributed by atoms with Crippen LogP contribution in [0.4, 0.5) is 20.4 Å². The Bertz CT molecular complexity index is 1000. The van der Waals surface area contributed by atoms with Crippen molar-refractivity contribution < 1.29 is 18.4 Å². The SMILES string of the molecule is CN1CCC(N2CCC(C(=O)N3CC(F)C3)CC2)C(NC(=O)c2c(N)nn3c2[N+](C)(C)CC(F)C3)C1. The van der Waals surface area contributed by atoms with Crippen LogP contribution in [0.5, 0.6) is 0 Å². The quantitative estimate of drug-likeness (QED) is 0.558. The normalized spacial score (nSPS) is 30.0. The number of piperidine rings is 2. The van der Waals surface area contributed by atoms with Crippen molar-refractivity contribution in [2.24, 2.45) is 5.92 Å². The fourth-order valence-corrected chi connectivity index (χ4v) is 6.52. The number of halogens is 2. The molecule has 1 aromatic heterocycles. The molecule has 3 saturated heterocycles. The van der Waals surface area contributed by atoms with Gasteiger partial charge in [-0.2, -0.15) is 0 Å². The second kappa shape index (κ2) is 9.53. The van der Waals surface area contributed by atoms with Crippen LogP contribution in [0.2, 0.25) is 0 Å². The summed E-state index contributed by atoms with van der Waals surface area (Å²) in [4.78, 5) is 32.5. The minimum absolute atomic E-state index is 0.0499. The average molecular weight is 510 g/mol. The molecular weight excluding hydrogens is 470 g/mol. The molecule has 5 heterocycles. The molecule has 3 N–H and O–H groups in total. The van der Waals surface area contributed by atoms with Gasteiger partial charge in [-0.1, -0.05) is 0 Å². The maximum atomic E-state index is 14.3. The Morgan fingerprint density at radius 2 is 1.72 bits per heavy atom. The van der Waals surface area contributed by atoms with E-state index in [1.807, 2.05) is 21.1 Å². The van der Waals surface area contributed by atoms with Crippen LogP contribution in [-0.4, -0.2) is 128 Å². The van der Waals surface area contributed by atoms with Crippen molar-refractivity contribution in [2.75, 3.05) is 72.7 Å². The van der Waals surface area contributed by atoms with E-state index < -0.39 is 12.3 Å². The summed E-state index contributed by atoms with van der Waals surface area (Å²) < 4.78 is 29.2. The number of likely N-dealkylation sites (tertiary alicyclic amines) is 3. The molecule has 0 aliphatic carbocycles. The predicted molar refractivity (Wildman–Crippen MR) is 133 cm³/mol. The van der Waals surface area contributed by atoms with Gasteiger partial charge in [0, 0.05) is 18.5 Å². The van der Waals surface area contributed by atoms with Crippen molar-refractivity contribution in [2.45, 2.75) is 50.2 Å². The van der Waals surface area contributed by atoms with Gasteiger partial charge >= 0.3 is 0 Å². The van der Waals surface area contributed by atoms with Gasteiger partial charge in [0.05, 0.1) is 39.8 Å². The van der Waals surface area contributed by atoms with E-state index in [2.05, 4.69) is 20.2 Å². The zero-order valence-electron chi connectivity index (χ0n) is 21.5. The van der Waals surface area contributed by atoms with E-state index in [-0.39, 0.29) is 66.3 Å². The van der Waals surface area contributed by atoms with Gasteiger partial charge in [-0.3, -0.25) is 19.0 Å². The van der Waals surface area contributed by atoms with E-state index in [4.69, 9.17) is 5.73 Å². The monoisotopic (exact) mass is 509 g/mol. The fraction of sp³-hybridized carbons (Fsp3) is 0.792. The van der Waals surface area contributed by atoms with E-state index in [1.165, 1.54) is 4.68 Å². The van der Waals surface area contributed by atoms with Gasteiger partial charge in [0.1, 0.15) is 12.7 Å². The number of aromatic nitrogens is 2. The summed E-state index contributed by atoms with van der Waals surface area (Å²) in [5, 5.41) is 7.53. The zero-order chi connectivity index (χ0) is 25.8. The number of anilines is 1. The topological polar surface area (TPSA) is 99.7 Å². The highest BCUT2D eigenvalue weighted by molar-refractivity contribution is 6.03. The molecule has 200 valence electrons. The van der Waals surface area contributed by atoms with Crippen molar-refractivity contribution >= 4 is 23.5 Å². The molecule has 0 aromatic carbocycles. The van der Waals surface area contributed by atoms with Gasteiger partial charge in [0.15, 0.2) is 17.6 Å². The van der Waals surface area contributed by atoms with Crippen LogP contribution >= 0.6 is 0 Å². The molecule has 0 saturated carbocycles. The van der Waals surface area contributed by atoms with Crippen molar-refractivity contribution in [3.05, 3.63) is 5.56 Å². The van der Waals surface area contributed by atoms with Crippen molar-refractivity contribution in [3.8, 4) is 0 Å². The lowest BCUT2D eigenvalue weighted by molar-refractivity contribution is -0.144. The molecule has 3 fully saturated rings. The van der Waals surface area contributed by atoms with E-state index in [0.717, 1.165) is 38.9 Å². The van der Waals surface area contributed by atoms with Crippen molar-refractivity contribution in [3.63, 3.8) is 0 Å².